The largest absolute Gasteiger partial charge is 0.273 e. The molecule has 1 aliphatic rings. The summed E-state index contributed by atoms with van der Waals surface area (Å²) in [6, 6.07) is 0. The normalized spacial score (nSPS) is 24.0. The topological polar surface area (TPSA) is 59.8 Å². The molecule has 0 bridgehead atoms. The van der Waals surface area contributed by atoms with Crippen LogP contribution in [0.25, 0.3) is 0 Å². The summed E-state index contributed by atoms with van der Waals surface area (Å²) in [6.07, 6.45) is 3.25. The van der Waals surface area contributed by atoms with Crippen LogP contribution >= 0.6 is 23.2 Å². The van der Waals surface area contributed by atoms with Gasteiger partial charge in [0, 0.05) is 0 Å². The van der Waals surface area contributed by atoms with Crippen molar-refractivity contribution in [3.63, 3.8) is 0 Å². The number of rotatable bonds is 2. The molecule has 0 aliphatic heterocycles. The molecule has 0 radical (unpaired) electrons. The van der Waals surface area contributed by atoms with Gasteiger partial charge in [0.2, 0.25) is 5.91 Å². The maximum atomic E-state index is 11.3. The van der Waals surface area contributed by atoms with Gasteiger partial charge in [0.15, 0.2) is 0 Å². The first-order chi connectivity index (χ1) is 6.09. The van der Waals surface area contributed by atoms with Crippen molar-refractivity contribution < 1.29 is 4.79 Å². The van der Waals surface area contributed by atoms with Gasteiger partial charge in [0.05, 0.1) is 5.92 Å². The fraction of sp³-hybridized carbons (Fsp3) is 0.500. The summed E-state index contributed by atoms with van der Waals surface area (Å²) in [6.45, 7) is 0. The zero-order chi connectivity index (χ0) is 9.47. The molecule has 5 nitrogen and oxygen atoms in total. The molecule has 1 fully saturated rings. The lowest BCUT2D eigenvalue weighted by Crippen LogP contribution is -2.24. The van der Waals surface area contributed by atoms with E-state index in [-0.39, 0.29) is 11.8 Å². The Morgan fingerprint density at radius 1 is 1.54 bits per heavy atom. The second-order valence-electron chi connectivity index (χ2n) is 2.86. The van der Waals surface area contributed by atoms with Crippen LogP contribution in [-0.2, 0) is 4.79 Å². The van der Waals surface area contributed by atoms with Crippen molar-refractivity contribution >= 4 is 29.1 Å². The first-order valence-corrected chi connectivity index (χ1v) is 4.38. The van der Waals surface area contributed by atoms with Crippen molar-refractivity contribution in [1.82, 2.24) is 14.9 Å². The first-order valence-electron chi connectivity index (χ1n) is 3.63. The lowest BCUT2D eigenvalue weighted by Gasteiger charge is -2.03. The summed E-state index contributed by atoms with van der Waals surface area (Å²) in [4.78, 5) is 11.3. The van der Waals surface area contributed by atoms with Gasteiger partial charge in [-0.2, -0.15) is 0 Å². The molecule has 7 heteroatoms. The molecule has 0 saturated heterocycles. The van der Waals surface area contributed by atoms with E-state index in [1.54, 1.807) is 0 Å². The van der Waals surface area contributed by atoms with E-state index in [0.717, 1.165) is 0 Å². The molecule has 1 heterocycles. The number of nitrogens with zero attached hydrogens (tertiary/aromatic N) is 3. The van der Waals surface area contributed by atoms with Gasteiger partial charge in [-0.15, -0.1) is 33.4 Å². The predicted octanol–water partition coefficient (Wildman–Crippen LogP) is 0.542. The fourth-order valence-electron chi connectivity index (χ4n) is 0.961. The van der Waals surface area contributed by atoms with Crippen molar-refractivity contribution in [3.05, 3.63) is 12.7 Å². The molecule has 1 amide bonds. The molecular formula is C6H6Cl2N4O. The fourth-order valence-corrected chi connectivity index (χ4v) is 1.47. The maximum Gasteiger partial charge on any atom is 0.245 e. The second-order valence-corrected chi connectivity index (χ2v) is 4.41. The molecule has 1 aliphatic carbocycles. The van der Waals surface area contributed by atoms with Crippen LogP contribution in [0, 0.1) is 5.92 Å². The zero-order valence-electron chi connectivity index (χ0n) is 6.44. The highest BCUT2D eigenvalue weighted by Crippen LogP contribution is 2.53. The van der Waals surface area contributed by atoms with E-state index in [9.17, 15) is 4.79 Å². The highest BCUT2D eigenvalue weighted by atomic mass is 35.5. The third-order valence-corrected chi connectivity index (χ3v) is 2.64. The van der Waals surface area contributed by atoms with E-state index in [4.69, 9.17) is 23.2 Å². The Morgan fingerprint density at radius 3 is 2.54 bits per heavy atom. The Bertz CT molecular complexity index is 323. The molecule has 13 heavy (non-hydrogen) atoms. The van der Waals surface area contributed by atoms with Gasteiger partial charge in [-0.1, -0.05) is 0 Å². The summed E-state index contributed by atoms with van der Waals surface area (Å²) in [7, 11) is 0. The number of halogens is 2. The molecule has 1 saturated carbocycles. The third kappa shape index (κ3) is 1.76. The minimum absolute atomic E-state index is 0.218. The van der Waals surface area contributed by atoms with Crippen molar-refractivity contribution in [1.29, 1.82) is 0 Å². The summed E-state index contributed by atoms with van der Waals surface area (Å²) < 4.78 is 0.461. The second kappa shape index (κ2) is 2.85. The number of carbonyl (C=O) groups excluding carboxylic acids is 1. The van der Waals surface area contributed by atoms with Crippen LogP contribution in [-0.4, -0.2) is 25.1 Å². The average molecular weight is 221 g/mol. The van der Waals surface area contributed by atoms with Gasteiger partial charge in [-0.05, 0) is 6.42 Å². The highest BCUT2D eigenvalue weighted by Gasteiger charge is 2.56. The Hall–Kier alpha value is -0.810. The molecule has 1 aromatic rings. The molecule has 0 spiro atoms. The smallest absolute Gasteiger partial charge is 0.245 e. The molecular weight excluding hydrogens is 215 g/mol. The molecule has 0 aromatic carbocycles. The average Bonchev–Trinajstić information content (AvgIpc) is 2.49. The number of nitrogens with one attached hydrogen (secondary N) is 1. The van der Waals surface area contributed by atoms with Gasteiger partial charge in [0.1, 0.15) is 17.0 Å². The number of hydrogen-bond acceptors (Lipinski definition) is 3. The number of amides is 1. The number of carbonyl (C=O) groups is 1. The maximum absolute atomic E-state index is 11.3. The van der Waals surface area contributed by atoms with Gasteiger partial charge < -0.3 is 0 Å². The van der Waals surface area contributed by atoms with Crippen LogP contribution in [0.5, 0.6) is 0 Å². The van der Waals surface area contributed by atoms with E-state index in [0.29, 0.717) is 6.42 Å². The summed E-state index contributed by atoms with van der Waals surface area (Å²) >= 11 is 11.4. The zero-order valence-corrected chi connectivity index (χ0v) is 7.96. The van der Waals surface area contributed by atoms with Crippen LogP contribution in [0.3, 0.4) is 0 Å². The minimum Gasteiger partial charge on any atom is -0.273 e. The van der Waals surface area contributed by atoms with Crippen LogP contribution in [0.15, 0.2) is 12.7 Å². The van der Waals surface area contributed by atoms with Crippen LogP contribution in [0.1, 0.15) is 6.42 Å². The summed E-state index contributed by atoms with van der Waals surface area (Å²) in [5.74, 6) is -0.553. The lowest BCUT2D eigenvalue weighted by molar-refractivity contribution is -0.118. The molecule has 1 aromatic heterocycles. The monoisotopic (exact) mass is 220 g/mol. The van der Waals surface area contributed by atoms with Gasteiger partial charge in [0.25, 0.3) is 0 Å². The Kier molecular flexibility index (Phi) is 1.92. The molecule has 70 valence electrons. The Labute approximate surface area is 84.0 Å². The molecule has 2 rings (SSSR count). The molecule has 1 N–H and O–H groups in total. The summed E-state index contributed by atoms with van der Waals surface area (Å²) in [5.41, 5.74) is 2.52. The number of alkyl halides is 2. The van der Waals surface area contributed by atoms with Gasteiger partial charge >= 0.3 is 0 Å². The number of hydrogen-bond donors (Lipinski definition) is 1. The van der Waals surface area contributed by atoms with Crippen LogP contribution in [0.2, 0.25) is 0 Å². The summed E-state index contributed by atoms with van der Waals surface area (Å²) in [5, 5.41) is 7.05. The minimum atomic E-state index is -0.891. The Balaban J connectivity index is 1.94. The van der Waals surface area contributed by atoms with E-state index >= 15 is 0 Å². The van der Waals surface area contributed by atoms with Crippen molar-refractivity contribution in [2.75, 3.05) is 5.43 Å². The first kappa shape index (κ1) is 8.77. The van der Waals surface area contributed by atoms with Gasteiger partial charge in [-0.3, -0.25) is 10.2 Å². The van der Waals surface area contributed by atoms with Crippen LogP contribution < -0.4 is 5.43 Å². The van der Waals surface area contributed by atoms with E-state index < -0.39 is 4.33 Å². The standard InChI is InChI=1S/C6H6Cl2N4O/c7-6(8)1-4(6)5(13)11-12-2-9-10-3-12/h2-4H,1H2,(H,11,13). The van der Waals surface area contributed by atoms with E-state index in [1.165, 1.54) is 17.3 Å². The van der Waals surface area contributed by atoms with Crippen LogP contribution in [0.4, 0.5) is 0 Å². The molecule has 1 atom stereocenters. The predicted molar refractivity (Wildman–Crippen MR) is 46.9 cm³/mol. The Morgan fingerprint density at radius 2 is 2.08 bits per heavy atom. The van der Waals surface area contributed by atoms with Crippen molar-refractivity contribution in [3.8, 4) is 0 Å². The van der Waals surface area contributed by atoms with Gasteiger partial charge in [-0.25, -0.2) is 4.68 Å². The SMILES string of the molecule is O=C(Nn1cnnc1)C1CC1(Cl)Cl. The number of aromatic nitrogens is 3. The quantitative estimate of drug-likeness (QED) is 0.741. The highest BCUT2D eigenvalue weighted by molar-refractivity contribution is 6.52. The van der Waals surface area contributed by atoms with E-state index in [2.05, 4.69) is 15.6 Å². The lowest BCUT2D eigenvalue weighted by atomic mass is 10.4. The van der Waals surface area contributed by atoms with E-state index in [1.807, 2.05) is 0 Å². The molecule has 1 unspecified atom stereocenters. The third-order valence-electron chi connectivity index (χ3n) is 1.80. The van der Waals surface area contributed by atoms with Crippen molar-refractivity contribution in [2.45, 2.75) is 10.8 Å². The van der Waals surface area contributed by atoms with Crippen molar-refractivity contribution in [2.24, 2.45) is 5.92 Å².